The van der Waals surface area contributed by atoms with Crippen molar-refractivity contribution in [3.63, 3.8) is 0 Å². The number of nitrogens with one attached hydrogen (secondary N) is 4. The molecule has 0 fully saturated rings. The first-order valence-electron chi connectivity index (χ1n) is 17.6. The Hall–Kier alpha value is -5.14. The number of alkyl carbamates (subject to hydrolysis) is 1. The summed E-state index contributed by atoms with van der Waals surface area (Å²) in [7, 11) is 0. The largest absolute Gasteiger partial charge is 0.489 e. The van der Waals surface area contributed by atoms with E-state index in [9.17, 15) is 28.8 Å². The Labute approximate surface area is 306 Å². The van der Waals surface area contributed by atoms with E-state index in [1.807, 2.05) is 58.0 Å². The van der Waals surface area contributed by atoms with Crippen LogP contribution >= 0.6 is 0 Å². The van der Waals surface area contributed by atoms with Crippen molar-refractivity contribution in [1.82, 2.24) is 21.3 Å². The molecule has 0 aromatic heterocycles. The highest BCUT2D eigenvalue weighted by atomic mass is 16.6. The van der Waals surface area contributed by atoms with Crippen LogP contribution in [-0.4, -0.2) is 65.4 Å². The Morgan fingerprint density at radius 1 is 0.654 bits per heavy atom. The minimum atomic E-state index is -1.30. The molecule has 0 aliphatic heterocycles. The van der Waals surface area contributed by atoms with E-state index in [1.54, 1.807) is 45.0 Å². The molecule has 8 N–H and O–H groups in total. The van der Waals surface area contributed by atoms with E-state index in [0.717, 1.165) is 5.56 Å². The van der Waals surface area contributed by atoms with Crippen LogP contribution in [0.25, 0.3) is 0 Å². The van der Waals surface area contributed by atoms with Gasteiger partial charge in [-0.15, -0.1) is 0 Å². The van der Waals surface area contributed by atoms with Crippen LogP contribution in [0.4, 0.5) is 4.79 Å². The van der Waals surface area contributed by atoms with Gasteiger partial charge in [0.25, 0.3) is 0 Å². The van der Waals surface area contributed by atoms with E-state index in [0.29, 0.717) is 17.9 Å². The average Bonchev–Trinajstić information content (AvgIpc) is 3.04. The zero-order chi connectivity index (χ0) is 39.0. The van der Waals surface area contributed by atoms with Crippen molar-refractivity contribution < 1.29 is 38.2 Å². The summed E-state index contributed by atoms with van der Waals surface area (Å²) >= 11 is 0. The van der Waals surface area contributed by atoms with Gasteiger partial charge in [-0.25, -0.2) is 4.79 Å². The fourth-order valence-electron chi connectivity index (χ4n) is 5.15. The molecule has 286 valence electrons. The first kappa shape index (κ1) is 43.0. The van der Waals surface area contributed by atoms with Crippen LogP contribution in [0.2, 0.25) is 0 Å². The number of rotatable bonds is 20. The van der Waals surface area contributed by atoms with Crippen LogP contribution in [0.3, 0.4) is 0 Å². The number of hydrogen-bond acceptors (Lipinski definition) is 8. The molecule has 0 saturated carbocycles. The van der Waals surface area contributed by atoms with Crippen molar-refractivity contribution in [3.05, 3.63) is 65.7 Å². The Bertz CT molecular complexity index is 1490. The molecule has 4 unspecified atom stereocenters. The highest BCUT2D eigenvalue weighted by Crippen LogP contribution is 2.17. The monoisotopic (exact) mass is 724 g/mol. The van der Waals surface area contributed by atoms with Crippen LogP contribution in [0.1, 0.15) is 85.3 Å². The number of carbonyl (C=O) groups is 6. The van der Waals surface area contributed by atoms with Crippen LogP contribution < -0.4 is 37.5 Å². The summed E-state index contributed by atoms with van der Waals surface area (Å²) in [5.41, 5.74) is 11.7. The predicted octanol–water partition coefficient (Wildman–Crippen LogP) is 3.00. The van der Waals surface area contributed by atoms with E-state index in [-0.39, 0.29) is 43.9 Å². The van der Waals surface area contributed by atoms with E-state index < -0.39 is 65.4 Å². The molecule has 6 amide bonds. The number of benzene rings is 2. The third-order valence-electron chi connectivity index (χ3n) is 7.64. The Kier molecular flexibility index (Phi) is 17.1. The Morgan fingerprint density at radius 2 is 1.17 bits per heavy atom. The first-order chi connectivity index (χ1) is 24.3. The molecule has 2 rings (SSSR count). The number of ether oxygens (including phenoxy) is 2. The van der Waals surface area contributed by atoms with Gasteiger partial charge in [-0.3, -0.25) is 24.0 Å². The fourth-order valence-corrected chi connectivity index (χ4v) is 5.15. The summed E-state index contributed by atoms with van der Waals surface area (Å²) < 4.78 is 11.3. The van der Waals surface area contributed by atoms with Gasteiger partial charge in [0.1, 0.15) is 42.1 Å². The molecule has 0 radical (unpaired) electrons. The standard InChI is InChI=1S/C38H56N6O8/c1-23(2)19-29(33(40)46)42-34(47)28(17-18-32(39)45)41-36(49)31(43-35(48)30(20-24(3)4)44-37(50)52-38(5,6)7)21-25-13-15-27(16-14-25)51-22-26-11-9-8-10-12-26/h8-16,23-24,28-31H,17-22H2,1-7H3,(H2,39,45)(H2,40,46)(H,41,49)(H,42,47)(H,43,48)(H,44,50). The topological polar surface area (TPSA) is 221 Å². The second-order valence-corrected chi connectivity index (χ2v) is 14.7. The molecule has 0 spiro atoms. The van der Waals surface area contributed by atoms with Crippen LogP contribution in [0.15, 0.2) is 54.6 Å². The van der Waals surface area contributed by atoms with Gasteiger partial charge in [0.2, 0.25) is 29.5 Å². The fraction of sp³-hybridized carbons (Fsp3) is 0.526. The summed E-state index contributed by atoms with van der Waals surface area (Å²) in [6.45, 7) is 12.9. The van der Waals surface area contributed by atoms with Gasteiger partial charge in [0.15, 0.2) is 0 Å². The van der Waals surface area contributed by atoms with Gasteiger partial charge in [0.05, 0.1) is 0 Å². The molecule has 52 heavy (non-hydrogen) atoms. The summed E-state index contributed by atoms with van der Waals surface area (Å²) in [5, 5.41) is 10.6. The van der Waals surface area contributed by atoms with Gasteiger partial charge >= 0.3 is 6.09 Å². The van der Waals surface area contributed by atoms with E-state index in [4.69, 9.17) is 20.9 Å². The molecule has 14 heteroatoms. The number of primary amides is 2. The van der Waals surface area contributed by atoms with Gasteiger partial charge < -0.3 is 42.2 Å². The summed E-state index contributed by atoms with van der Waals surface area (Å²) in [5.74, 6) is -3.01. The van der Waals surface area contributed by atoms with Crippen molar-refractivity contribution >= 4 is 35.6 Å². The number of amides is 6. The first-order valence-corrected chi connectivity index (χ1v) is 17.6. The lowest BCUT2D eigenvalue weighted by Crippen LogP contribution is -2.59. The van der Waals surface area contributed by atoms with Crippen molar-refractivity contribution in [2.24, 2.45) is 23.3 Å². The molecular weight excluding hydrogens is 668 g/mol. The summed E-state index contributed by atoms with van der Waals surface area (Å²) in [6.07, 6.45) is -0.747. The lowest BCUT2D eigenvalue weighted by Gasteiger charge is -2.27. The zero-order valence-electron chi connectivity index (χ0n) is 31.3. The van der Waals surface area contributed by atoms with E-state index in [1.165, 1.54) is 0 Å². The second-order valence-electron chi connectivity index (χ2n) is 14.7. The molecule has 0 aliphatic carbocycles. The molecule has 0 aliphatic rings. The highest BCUT2D eigenvalue weighted by Gasteiger charge is 2.32. The molecule has 2 aromatic rings. The maximum absolute atomic E-state index is 14.0. The van der Waals surface area contributed by atoms with Crippen LogP contribution in [0, 0.1) is 11.8 Å². The average molecular weight is 725 g/mol. The van der Waals surface area contributed by atoms with Gasteiger partial charge in [-0.05, 0) is 75.1 Å². The van der Waals surface area contributed by atoms with Crippen molar-refractivity contribution in [1.29, 1.82) is 0 Å². The predicted molar refractivity (Wildman–Crippen MR) is 196 cm³/mol. The molecule has 0 bridgehead atoms. The lowest BCUT2D eigenvalue weighted by molar-refractivity contribution is -0.134. The minimum Gasteiger partial charge on any atom is -0.489 e. The zero-order valence-corrected chi connectivity index (χ0v) is 31.3. The number of carbonyl (C=O) groups excluding carboxylic acids is 6. The molecular formula is C38H56N6O8. The molecule has 14 nitrogen and oxygen atoms in total. The van der Waals surface area contributed by atoms with Crippen LogP contribution in [-0.2, 0) is 41.7 Å². The molecule has 0 heterocycles. The summed E-state index contributed by atoms with van der Waals surface area (Å²) in [4.78, 5) is 77.6. The maximum atomic E-state index is 14.0. The van der Waals surface area contributed by atoms with Gasteiger partial charge in [-0.1, -0.05) is 70.2 Å². The SMILES string of the molecule is CC(C)CC(NC(=O)C(CCC(N)=O)NC(=O)C(Cc1ccc(OCc2ccccc2)cc1)NC(=O)C(CC(C)C)NC(=O)OC(C)(C)C)C(N)=O. The molecule has 0 saturated heterocycles. The molecule has 4 atom stereocenters. The highest BCUT2D eigenvalue weighted by molar-refractivity contribution is 5.95. The van der Waals surface area contributed by atoms with Crippen molar-refractivity contribution in [3.8, 4) is 5.75 Å². The van der Waals surface area contributed by atoms with Crippen LogP contribution in [0.5, 0.6) is 5.75 Å². The van der Waals surface area contributed by atoms with E-state index >= 15 is 0 Å². The Balaban J connectivity index is 2.38. The minimum absolute atomic E-state index is 0.0132. The third kappa shape index (κ3) is 16.7. The van der Waals surface area contributed by atoms with Crippen molar-refractivity contribution in [2.75, 3.05) is 0 Å². The quantitative estimate of drug-likeness (QED) is 0.119. The van der Waals surface area contributed by atoms with E-state index in [2.05, 4.69) is 21.3 Å². The van der Waals surface area contributed by atoms with Crippen molar-refractivity contribution in [2.45, 2.75) is 117 Å². The normalized spacial score (nSPS) is 13.6. The smallest absolute Gasteiger partial charge is 0.408 e. The van der Waals surface area contributed by atoms with Gasteiger partial charge in [0, 0.05) is 12.8 Å². The summed E-state index contributed by atoms with van der Waals surface area (Å²) in [6, 6.07) is 12.0. The number of nitrogens with two attached hydrogens (primary N) is 2. The Morgan fingerprint density at radius 3 is 1.71 bits per heavy atom. The second kappa shape index (κ2) is 20.6. The molecule has 2 aromatic carbocycles. The third-order valence-corrected chi connectivity index (χ3v) is 7.64. The maximum Gasteiger partial charge on any atom is 0.408 e. The number of hydrogen-bond donors (Lipinski definition) is 6. The van der Waals surface area contributed by atoms with Gasteiger partial charge in [-0.2, -0.15) is 0 Å². The lowest BCUT2D eigenvalue weighted by atomic mass is 10.00.